The van der Waals surface area contributed by atoms with E-state index in [-0.39, 0.29) is 6.10 Å². The fourth-order valence-corrected chi connectivity index (χ4v) is 5.32. The summed E-state index contributed by atoms with van der Waals surface area (Å²) in [5.41, 5.74) is 1.16. The van der Waals surface area contributed by atoms with Gasteiger partial charge in [0.2, 0.25) is 0 Å². The molecule has 3 heteroatoms. The van der Waals surface area contributed by atoms with Crippen LogP contribution in [0.1, 0.15) is 39.4 Å². The fraction of sp³-hybridized carbons (Fsp3) is 0.600. The zero-order chi connectivity index (χ0) is 13.6. The van der Waals surface area contributed by atoms with Crippen LogP contribution in [-0.2, 0) is 4.43 Å². The minimum Gasteiger partial charge on any atom is -0.496 e. The van der Waals surface area contributed by atoms with Crippen LogP contribution < -0.4 is 4.74 Å². The van der Waals surface area contributed by atoms with Gasteiger partial charge in [-0.05, 0) is 31.1 Å². The van der Waals surface area contributed by atoms with Gasteiger partial charge in [-0.2, -0.15) is 0 Å². The maximum absolute atomic E-state index is 6.47. The average molecular weight is 266 g/mol. The van der Waals surface area contributed by atoms with Gasteiger partial charge in [0.1, 0.15) is 5.75 Å². The summed E-state index contributed by atoms with van der Waals surface area (Å²) in [5, 5.41) is 0. The van der Waals surface area contributed by atoms with Crippen molar-refractivity contribution in [3.8, 4) is 5.75 Å². The number of hydrogen-bond donors (Lipinski definition) is 0. The lowest BCUT2D eigenvalue weighted by Crippen LogP contribution is -2.36. The monoisotopic (exact) mass is 266 g/mol. The summed E-state index contributed by atoms with van der Waals surface area (Å²) >= 11 is 0. The van der Waals surface area contributed by atoms with E-state index < -0.39 is 8.32 Å². The van der Waals surface area contributed by atoms with Gasteiger partial charge in [-0.25, -0.2) is 0 Å². The molecule has 1 rings (SSSR count). The standard InChI is InChI=1S/C15H26O2Si/c1-6-18(7-2,8-3)17-13(4)14-11-9-10-12-15(14)16-5/h9-13H,6-8H2,1-5H3. The summed E-state index contributed by atoms with van der Waals surface area (Å²) in [7, 11) is 0.163. The van der Waals surface area contributed by atoms with Crippen molar-refractivity contribution >= 4 is 8.32 Å². The van der Waals surface area contributed by atoms with Crippen molar-refractivity contribution in [1.82, 2.24) is 0 Å². The van der Waals surface area contributed by atoms with Crippen LogP contribution in [0.5, 0.6) is 5.75 Å². The third kappa shape index (κ3) is 3.36. The lowest BCUT2D eigenvalue weighted by atomic mass is 10.1. The van der Waals surface area contributed by atoms with Gasteiger partial charge in [-0.3, -0.25) is 0 Å². The molecule has 0 fully saturated rings. The van der Waals surface area contributed by atoms with Gasteiger partial charge in [0.25, 0.3) is 0 Å². The first-order chi connectivity index (χ1) is 8.62. The quantitative estimate of drug-likeness (QED) is 0.661. The number of para-hydroxylation sites is 1. The minimum atomic E-state index is -1.55. The molecule has 1 aromatic carbocycles. The molecule has 0 saturated carbocycles. The third-order valence-electron chi connectivity index (χ3n) is 3.94. The van der Waals surface area contributed by atoms with Gasteiger partial charge in [0, 0.05) is 5.56 Å². The van der Waals surface area contributed by atoms with E-state index in [0.29, 0.717) is 0 Å². The van der Waals surface area contributed by atoms with Crippen LogP contribution >= 0.6 is 0 Å². The number of benzene rings is 1. The summed E-state index contributed by atoms with van der Waals surface area (Å²) in [4.78, 5) is 0. The van der Waals surface area contributed by atoms with Crippen LogP contribution in [0.2, 0.25) is 18.1 Å². The Bertz CT molecular complexity index is 353. The highest BCUT2D eigenvalue weighted by Crippen LogP contribution is 2.33. The summed E-state index contributed by atoms with van der Waals surface area (Å²) in [6.07, 6.45) is 0.118. The van der Waals surface area contributed by atoms with E-state index in [1.165, 1.54) is 18.1 Å². The van der Waals surface area contributed by atoms with E-state index >= 15 is 0 Å². The van der Waals surface area contributed by atoms with Gasteiger partial charge in [0.15, 0.2) is 8.32 Å². The molecule has 1 atom stereocenters. The smallest absolute Gasteiger partial charge is 0.192 e. The number of ether oxygens (including phenoxy) is 1. The van der Waals surface area contributed by atoms with Crippen LogP contribution in [0.15, 0.2) is 24.3 Å². The molecule has 0 heterocycles. The fourth-order valence-electron chi connectivity index (χ4n) is 2.44. The lowest BCUT2D eigenvalue weighted by molar-refractivity contribution is 0.205. The summed E-state index contributed by atoms with van der Waals surface area (Å²) < 4.78 is 11.9. The third-order valence-corrected chi connectivity index (χ3v) is 8.66. The Morgan fingerprint density at radius 1 is 1.06 bits per heavy atom. The van der Waals surface area contributed by atoms with Crippen LogP contribution in [0.25, 0.3) is 0 Å². The summed E-state index contributed by atoms with van der Waals surface area (Å²) in [6.45, 7) is 8.91. The van der Waals surface area contributed by atoms with Crippen LogP contribution in [0.3, 0.4) is 0 Å². The SMILES string of the molecule is CC[Si](CC)(CC)OC(C)c1ccccc1OC. The molecule has 0 saturated heterocycles. The highest BCUT2D eigenvalue weighted by atomic mass is 28.4. The first kappa shape index (κ1) is 15.3. The van der Waals surface area contributed by atoms with Gasteiger partial charge in [0.05, 0.1) is 13.2 Å². The molecule has 0 aliphatic rings. The van der Waals surface area contributed by atoms with Crippen molar-refractivity contribution < 1.29 is 9.16 Å². The lowest BCUT2D eigenvalue weighted by Gasteiger charge is -2.32. The maximum atomic E-state index is 6.47. The topological polar surface area (TPSA) is 18.5 Å². The summed E-state index contributed by atoms with van der Waals surface area (Å²) in [6, 6.07) is 11.7. The average Bonchev–Trinajstić information content (AvgIpc) is 2.44. The molecule has 1 unspecified atom stereocenters. The molecule has 1 aromatic rings. The van der Waals surface area contributed by atoms with Crippen molar-refractivity contribution in [3.05, 3.63) is 29.8 Å². The molecule has 18 heavy (non-hydrogen) atoms. The van der Waals surface area contributed by atoms with Gasteiger partial charge in [-0.15, -0.1) is 0 Å². The Balaban J connectivity index is 2.90. The molecule has 2 nitrogen and oxygen atoms in total. The first-order valence-corrected chi connectivity index (χ1v) is 9.46. The minimum absolute atomic E-state index is 0.118. The summed E-state index contributed by atoms with van der Waals surface area (Å²) in [5.74, 6) is 0.927. The van der Waals surface area contributed by atoms with E-state index in [4.69, 9.17) is 9.16 Å². The molecule has 0 radical (unpaired) electrons. The maximum Gasteiger partial charge on any atom is 0.192 e. The van der Waals surface area contributed by atoms with Crippen molar-refractivity contribution in [2.45, 2.75) is 51.9 Å². The predicted molar refractivity (Wildman–Crippen MR) is 79.7 cm³/mol. The Hall–Kier alpha value is -0.803. The molecule has 0 aromatic heterocycles. The predicted octanol–water partition coefficient (Wildman–Crippen LogP) is 4.78. The van der Waals surface area contributed by atoms with E-state index in [9.17, 15) is 0 Å². The first-order valence-electron chi connectivity index (χ1n) is 6.93. The van der Waals surface area contributed by atoms with Crippen molar-refractivity contribution in [1.29, 1.82) is 0 Å². The normalized spacial score (nSPS) is 13.4. The van der Waals surface area contributed by atoms with Gasteiger partial charge in [-0.1, -0.05) is 39.0 Å². The van der Waals surface area contributed by atoms with E-state index in [1.54, 1.807) is 7.11 Å². The second-order valence-corrected chi connectivity index (χ2v) is 9.47. The van der Waals surface area contributed by atoms with Gasteiger partial charge >= 0.3 is 0 Å². The Morgan fingerprint density at radius 2 is 1.61 bits per heavy atom. The molecule has 0 N–H and O–H groups in total. The van der Waals surface area contributed by atoms with Gasteiger partial charge < -0.3 is 9.16 Å². The molecule has 102 valence electrons. The molecule has 0 aliphatic heterocycles. The molecule has 0 spiro atoms. The van der Waals surface area contributed by atoms with E-state index in [2.05, 4.69) is 33.8 Å². The molecular weight excluding hydrogens is 240 g/mol. The van der Waals surface area contributed by atoms with Crippen molar-refractivity contribution in [2.75, 3.05) is 7.11 Å². The zero-order valence-electron chi connectivity index (χ0n) is 12.3. The van der Waals surface area contributed by atoms with Crippen molar-refractivity contribution in [2.24, 2.45) is 0 Å². The molecular formula is C15H26O2Si. The molecule has 0 aliphatic carbocycles. The van der Waals surface area contributed by atoms with E-state index in [1.807, 2.05) is 18.2 Å². The number of rotatable bonds is 7. The highest BCUT2D eigenvalue weighted by molar-refractivity contribution is 6.73. The molecule has 0 amide bonds. The second kappa shape index (κ2) is 6.95. The largest absolute Gasteiger partial charge is 0.496 e. The number of methoxy groups -OCH3 is 1. The Kier molecular flexibility index (Phi) is 5.89. The van der Waals surface area contributed by atoms with Crippen LogP contribution in [0.4, 0.5) is 0 Å². The van der Waals surface area contributed by atoms with Crippen LogP contribution in [0, 0.1) is 0 Å². The highest BCUT2D eigenvalue weighted by Gasteiger charge is 2.31. The Morgan fingerprint density at radius 3 is 2.11 bits per heavy atom. The van der Waals surface area contributed by atoms with E-state index in [0.717, 1.165) is 11.3 Å². The van der Waals surface area contributed by atoms with Crippen molar-refractivity contribution in [3.63, 3.8) is 0 Å². The zero-order valence-corrected chi connectivity index (χ0v) is 13.3. The number of hydrogen-bond acceptors (Lipinski definition) is 2. The second-order valence-electron chi connectivity index (χ2n) is 4.75. The molecule has 0 bridgehead atoms. The van der Waals surface area contributed by atoms with Crippen LogP contribution in [-0.4, -0.2) is 15.4 Å². The Labute approximate surface area is 112 Å².